The van der Waals surface area contributed by atoms with Crippen molar-refractivity contribution in [2.45, 2.75) is 39.5 Å². The molecule has 0 amide bonds. The quantitative estimate of drug-likeness (QED) is 0.846. The zero-order valence-corrected chi connectivity index (χ0v) is 11.0. The van der Waals surface area contributed by atoms with Gasteiger partial charge in [-0.1, -0.05) is 26.0 Å². The van der Waals surface area contributed by atoms with E-state index in [1.54, 1.807) is 12.1 Å². The maximum atomic E-state index is 8.99. The maximum absolute atomic E-state index is 8.99. The van der Waals surface area contributed by atoms with Crippen molar-refractivity contribution in [2.24, 2.45) is 5.92 Å². The molecule has 1 aliphatic rings. The maximum Gasteiger partial charge on any atom is 0.115 e. The fourth-order valence-electron chi connectivity index (χ4n) is 1.79. The van der Waals surface area contributed by atoms with Gasteiger partial charge in [0.25, 0.3) is 0 Å². The van der Waals surface area contributed by atoms with Crippen LogP contribution < -0.4 is 0 Å². The molecule has 0 aromatic heterocycles. The molecule has 2 heteroatoms. The Hall–Kier alpha value is -1.02. The van der Waals surface area contributed by atoms with Crippen LogP contribution in [0.25, 0.3) is 0 Å². The van der Waals surface area contributed by atoms with E-state index in [1.165, 1.54) is 24.8 Å². The molecule has 0 atom stereocenters. The van der Waals surface area contributed by atoms with Gasteiger partial charge < -0.3 is 9.84 Å². The molecule has 1 fully saturated rings. The van der Waals surface area contributed by atoms with Crippen molar-refractivity contribution in [3.8, 4) is 5.75 Å². The Bertz CT molecular complexity index is 275. The minimum atomic E-state index is 0.345. The summed E-state index contributed by atoms with van der Waals surface area (Å²) < 4.78 is 5.07. The SMILES string of the molecule is C1CCOCC1.CC(C)Cc1ccc(O)cc1. The van der Waals surface area contributed by atoms with Crippen LogP contribution in [0.5, 0.6) is 5.75 Å². The molecule has 0 bridgehead atoms. The predicted octanol–water partition coefficient (Wildman–Crippen LogP) is 3.78. The fraction of sp³-hybridized carbons (Fsp3) is 0.600. The number of aromatic hydroxyl groups is 1. The van der Waals surface area contributed by atoms with Gasteiger partial charge in [-0.05, 0) is 49.3 Å². The van der Waals surface area contributed by atoms with E-state index in [0.717, 1.165) is 19.6 Å². The van der Waals surface area contributed by atoms with E-state index in [-0.39, 0.29) is 0 Å². The zero-order chi connectivity index (χ0) is 12.5. The summed E-state index contributed by atoms with van der Waals surface area (Å²) in [4.78, 5) is 0. The molecule has 2 rings (SSSR count). The molecule has 1 aromatic carbocycles. The number of hydrogen-bond donors (Lipinski definition) is 1. The molecule has 1 aliphatic heterocycles. The van der Waals surface area contributed by atoms with Crippen molar-refractivity contribution in [3.05, 3.63) is 29.8 Å². The van der Waals surface area contributed by atoms with E-state index < -0.39 is 0 Å². The van der Waals surface area contributed by atoms with Crippen LogP contribution in [-0.4, -0.2) is 18.3 Å². The van der Waals surface area contributed by atoms with Gasteiger partial charge in [0.15, 0.2) is 0 Å². The van der Waals surface area contributed by atoms with Crippen LogP contribution in [-0.2, 0) is 11.2 Å². The summed E-state index contributed by atoms with van der Waals surface area (Å²) in [5, 5.41) is 8.99. The van der Waals surface area contributed by atoms with Gasteiger partial charge >= 0.3 is 0 Å². The van der Waals surface area contributed by atoms with E-state index >= 15 is 0 Å². The van der Waals surface area contributed by atoms with E-state index in [1.807, 2.05) is 12.1 Å². The summed E-state index contributed by atoms with van der Waals surface area (Å²) in [5.41, 5.74) is 1.29. The van der Waals surface area contributed by atoms with Crippen molar-refractivity contribution in [3.63, 3.8) is 0 Å². The Morgan fingerprint density at radius 3 is 2.00 bits per heavy atom. The van der Waals surface area contributed by atoms with Crippen molar-refractivity contribution in [1.82, 2.24) is 0 Å². The first kappa shape index (κ1) is 14.0. The van der Waals surface area contributed by atoms with Crippen LogP contribution in [0.15, 0.2) is 24.3 Å². The molecule has 0 aliphatic carbocycles. The second kappa shape index (κ2) is 8.13. The number of benzene rings is 1. The van der Waals surface area contributed by atoms with Gasteiger partial charge in [-0.3, -0.25) is 0 Å². The first-order chi connectivity index (χ1) is 8.18. The average Bonchev–Trinajstić information content (AvgIpc) is 2.35. The van der Waals surface area contributed by atoms with Gasteiger partial charge in [0.05, 0.1) is 0 Å². The van der Waals surface area contributed by atoms with Crippen LogP contribution in [0.1, 0.15) is 38.7 Å². The standard InChI is InChI=1S/C10H14O.C5H10O/c1-8(2)7-9-3-5-10(11)6-4-9;1-2-4-6-5-3-1/h3-6,8,11H,7H2,1-2H3;1-5H2. The zero-order valence-electron chi connectivity index (χ0n) is 11.0. The van der Waals surface area contributed by atoms with Crippen molar-refractivity contribution in [2.75, 3.05) is 13.2 Å². The predicted molar refractivity (Wildman–Crippen MR) is 71.3 cm³/mol. The minimum absolute atomic E-state index is 0.345. The van der Waals surface area contributed by atoms with Crippen molar-refractivity contribution >= 4 is 0 Å². The highest BCUT2D eigenvalue weighted by atomic mass is 16.5. The molecule has 17 heavy (non-hydrogen) atoms. The summed E-state index contributed by atoms with van der Waals surface area (Å²) in [6, 6.07) is 7.40. The lowest BCUT2D eigenvalue weighted by atomic mass is 10.0. The molecule has 0 saturated carbocycles. The van der Waals surface area contributed by atoms with Gasteiger partial charge in [0, 0.05) is 13.2 Å². The van der Waals surface area contributed by atoms with E-state index in [0.29, 0.717) is 11.7 Å². The fourth-order valence-corrected chi connectivity index (χ4v) is 1.79. The number of ether oxygens (including phenoxy) is 1. The Kier molecular flexibility index (Phi) is 6.71. The number of phenols is 1. The minimum Gasteiger partial charge on any atom is -0.508 e. The summed E-state index contributed by atoms with van der Waals surface area (Å²) in [5.74, 6) is 1.03. The van der Waals surface area contributed by atoms with Crippen molar-refractivity contribution < 1.29 is 9.84 Å². The van der Waals surface area contributed by atoms with E-state index in [2.05, 4.69) is 13.8 Å². The van der Waals surface area contributed by atoms with Crippen LogP contribution >= 0.6 is 0 Å². The third-order valence-corrected chi connectivity index (χ3v) is 2.66. The summed E-state index contributed by atoms with van der Waals surface area (Å²) >= 11 is 0. The summed E-state index contributed by atoms with van der Waals surface area (Å²) in [7, 11) is 0. The third kappa shape index (κ3) is 7.01. The van der Waals surface area contributed by atoms with Crippen LogP contribution in [0.2, 0.25) is 0 Å². The largest absolute Gasteiger partial charge is 0.508 e. The Labute approximate surface area is 105 Å². The lowest BCUT2D eigenvalue weighted by Gasteiger charge is -2.08. The summed E-state index contributed by atoms with van der Waals surface area (Å²) in [6.07, 6.45) is 5.01. The molecule has 1 N–H and O–H groups in total. The molecular weight excluding hydrogens is 212 g/mol. The molecule has 1 saturated heterocycles. The normalized spacial score (nSPS) is 15.2. The number of rotatable bonds is 2. The van der Waals surface area contributed by atoms with Gasteiger partial charge in [-0.15, -0.1) is 0 Å². The molecule has 0 unspecified atom stereocenters. The number of phenolic OH excluding ortho intramolecular Hbond substituents is 1. The molecule has 1 aromatic rings. The summed E-state index contributed by atoms with van der Waals surface area (Å²) in [6.45, 7) is 6.37. The molecule has 2 nitrogen and oxygen atoms in total. The van der Waals surface area contributed by atoms with Gasteiger partial charge in [-0.2, -0.15) is 0 Å². The van der Waals surface area contributed by atoms with Crippen molar-refractivity contribution in [1.29, 1.82) is 0 Å². The van der Waals surface area contributed by atoms with Crippen LogP contribution in [0.3, 0.4) is 0 Å². The molecular formula is C15H24O2. The topological polar surface area (TPSA) is 29.5 Å². The highest BCUT2D eigenvalue weighted by molar-refractivity contribution is 5.25. The smallest absolute Gasteiger partial charge is 0.115 e. The Morgan fingerprint density at radius 2 is 1.65 bits per heavy atom. The Morgan fingerprint density at radius 1 is 1.06 bits per heavy atom. The highest BCUT2D eigenvalue weighted by Gasteiger charge is 1.96. The molecule has 0 spiro atoms. The highest BCUT2D eigenvalue weighted by Crippen LogP contribution is 2.12. The molecule has 0 radical (unpaired) electrons. The van der Waals surface area contributed by atoms with Gasteiger partial charge in [0.1, 0.15) is 5.75 Å². The van der Waals surface area contributed by atoms with E-state index in [9.17, 15) is 0 Å². The second-order valence-electron chi connectivity index (χ2n) is 4.94. The first-order valence-corrected chi connectivity index (χ1v) is 6.54. The Balaban J connectivity index is 0.000000202. The van der Waals surface area contributed by atoms with Gasteiger partial charge in [0.2, 0.25) is 0 Å². The molecule has 96 valence electrons. The first-order valence-electron chi connectivity index (χ1n) is 6.54. The lowest BCUT2D eigenvalue weighted by Crippen LogP contribution is -2.03. The number of hydrogen-bond acceptors (Lipinski definition) is 2. The average molecular weight is 236 g/mol. The monoisotopic (exact) mass is 236 g/mol. The van der Waals surface area contributed by atoms with Crippen LogP contribution in [0.4, 0.5) is 0 Å². The third-order valence-electron chi connectivity index (χ3n) is 2.66. The van der Waals surface area contributed by atoms with Crippen LogP contribution in [0, 0.1) is 5.92 Å². The molecule has 1 heterocycles. The van der Waals surface area contributed by atoms with Gasteiger partial charge in [-0.25, -0.2) is 0 Å². The lowest BCUT2D eigenvalue weighted by molar-refractivity contribution is 0.0968. The second-order valence-corrected chi connectivity index (χ2v) is 4.94. The van der Waals surface area contributed by atoms with E-state index in [4.69, 9.17) is 9.84 Å².